The molecule has 0 fully saturated rings. The first kappa shape index (κ1) is 17.0. The third-order valence-electron chi connectivity index (χ3n) is 2.86. The van der Waals surface area contributed by atoms with E-state index in [0.717, 1.165) is 18.6 Å². The summed E-state index contributed by atoms with van der Waals surface area (Å²) in [6, 6.07) is 1.67. The van der Waals surface area contributed by atoms with Crippen molar-refractivity contribution >= 4 is 17.5 Å². The zero-order chi connectivity index (χ0) is 16.0. The SMILES string of the molecule is CCCN(CCC(=O)Nc1ccc(F)c(F)c1F)C(C)=O. The van der Waals surface area contributed by atoms with Gasteiger partial charge in [-0.25, -0.2) is 13.2 Å². The molecule has 1 aromatic rings. The van der Waals surface area contributed by atoms with Gasteiger partial charge >= 0.3 is 0 Å². The summed E-state index contributed by atoms with van der Waals surface area (Å²) in [6.07, 6.45) is 0.691. The maximum absolute atomic E-state index is 13.4. The maximum atomic E-state index is 13.4. The third kappa shape index (κ3) is 4.77. The van der Waals surface area contributed by atoms with Gasteiger partial charge in [0.1, 0.15) is 0 Å². The Labute approximate surface area is 120 Å². The summed E-state index contributed by atoms with van der Waals surface area (Å²) in [5.41, 5.74) is -0.427. The first-order valence-corrected chi connectivity index (χ1v) is 6.55. The molecule has 0 heterocycles. The molecule has 0 spiro atoms. The molecule has 7 heteroatoms. The molecule has 4 nitrogen and oxygen atoms in total. The maximum Gasteiger partial charge on any atom is 0.226 e. The van der Waals surface area contributed by atoms with Crippen LogP contribution in [0.1, 0.15) is 26.7 Å². The lowest BCUT2D eigenvalue weighted by molar-refractivity contribution is -0.129. The highest BCUT2D eigenvalue weighted by Gasteiger charge is 2.16. The smallest absolute Gasteiger partial charge is 0.226 e. The Morgan fingerprint density at radius 2 is 1.81 bits per heavy atom. The van der Waals surface area contributed by atoms with Gasteiger partial charge in [0.15, 0.2) is 17.5 Å². The molecule has 0 aliphatic carbocycles. The number of halogens is 3. The van der Waals surface area contributed by atoms with Crippen molar-refractivity contribution < 1.29 is 22.8 Å². The van der Waals surface area contributed by atoms with Crippen LogP contribution in [0.2, 0.25) is 0 Å². The van der Waals surface area contributed by atoms with Crippen LogP contribution < -0.4 is 5.32 Å². The van der Waals surface area contributed by atoms with Gasteiger partial charge in [0.25, 0.3) is 0 Å². The van der Waals surface area contributed by atoms with Crippen LogP contribution in [0.5, 0.6) is 0 Å². The molecule has 1 aromatic carbocycles. The van der Waals surface area contributed by atoms with Crippen molar-refractivity contribution in [2.24, 2.45) is 0 Å². The summed E-state index contributed by atoms with van der Waals surface area (Å²) < 4.78 is 39.1. The highest BCUT2D eigenvalue weighted by molar-refractivity contribution is 5.91. The van der Waals surface area contributed by atoms with Crippen LogP contribution in [0.25, 0.3) is 0 Å². The van der Waals surface area contributed by atoms with E-state index in [1.54, 1.807) is 0 Å². The average Bonchev–Trinajstić information content (AvgIpc) is 2.43. The molecule has 0 aromatic heterocycles. The molecule has 0 atom stereocenters. The lowest BCUT2D eigenvalue weighted by Gasteiger charge is -2.19. The van der Waals surface area contributed by atoms with E-state index in [0.29, 0.717) is 6.54 Å². The number of carbonyl (C=O) groups excluding carboxylic acids is 2. The highest BCUT2D eigenvalue weighted by atomic mass is 19.2. The quantitative estimate of drug-likeness (QED) is 0.821. The number of nitrogens with zero attached hydrogens (tertiary/aromatic N) is 1. The lowest BCUT2D eigenvalue weighted by Crippen LogP contribution is -2.32. The van der Waals surface area contributed by atoms with E-state index in [-0.39, 0.29) is 18.9 Å². The van der Waals surface area contributed by atoms with Gasteiger partial charge < -0.3 is 10.2 Å². The van der Waals surface area contributed by atoms with Crippen LogP contribution in [0.3, 0.4) is 0 Å². The second-order valence-electron chi connectivity index (χ2n) is 4.53. The van der Waals surface area contributed by atoms with Gasteiger partial charge in [0.2, 0.25) is 11.8 Å². The Bertz CT molecular complexity index is 535. The predicted molar refractivity (Wildman–Crippen MR) is 72.1 cm³/mol. The molecule has 2 amide bonds. The Hall–Kier alpha value is -2.05. The fourth-order valence-corrected chi connectivity index (χ4v) is 1.77. The highest BCUT2D eigenvalue weighted by Crippen LogP contribution is 2.19. The van der Waals surface area contributed by atoms with Gasteiger partial charge in [0, 0.05) is 26.4 Å². The van der Waals surface area contributed by atoms with Gasteiger partial charge in [0.05, 0.1) is 5.69 Å². The molecule has 0 unspecified atom stereocenters. The van der Waals surface area contributed by atoms with E-state index >= 15 is 0 Å². The number of hydrogen-bond donors (Lipinski definition) is 1. The number of hydrogen-bond acceptors (Lipinski definition) is 2. The van der Waals surface area contributed by atoms with E-state index in [1.165, 1.54) is 11.8 Å². The Morgan fingerprint density at radius 3 is 2.38 bits per heavy atom. The monoisotopic (exact) mass is 302 g/mol. The first-order valence-electron chi connectivity index (χ1n) is 6.55. The van der Waals surface area contributed by atoms with Gasteiger partial charge in [-0.1, -0.05) is 6.92 Å². The van der Waals surface area contributed by atoms with Gasteiger partial charge in [-0.3, -0.25) is 9.59 Å². The van der Waals surface area contributed by atoms with Crippen molar-refractivity contribution in [3.05, 3.63) is 29.6 Å². The fraction of sp³-hybridized carbons (Fsp3) is 0.429. The van der Waals surface area contributed by atoms with Crippen molar-refractivity contribution in [2.75, 3.05) is 18.4 Å². The van der Waals surface area contributed by atoms with Crippen LogP contribution in [0.4, 0.5) is 18.9 Å². The Balaban J connectivity index is 2.62. The molecule has 116 valence electrons. The molecule has 0 saturated heterocycles. The molecule has 1 rings (SSSR count). The lowest BCUT2D eigenvalue weighted by atomic mass is 10.2. The minimum atomic E-state index is -1.64. The minimum absolute atomic E-state index is 0.0575. The number of nitrogens with one attached hydrogen (secondary N) is 1. The number of benzene rings is 1. The van der Waals surface area contributed by atoms with Gasteiger partial charge in [-0.2, -0.15) is 0 Å². The molecule has 0 saturated carbocycles. The number of carbonyl (C=O) groups is 2. The second-order valence-corrected chi connectivity index (χ2v) is 4.53. The van der Waals surface area contributed by atoms with E-state index in [9.17, 15) is 22.8 Å². The van der Waals surface area contributed by atoms with E-state index < -0.39 is 29.0 Å². The summed E-state index contributed by atoms with van der Waals surface area (Å²) >= 11 is 0. The summed E-state index contributed by atoms with van der Waals surface area (Å²) in [7, 11) is 0. The molecule has 0 aliphatic rings. The van der Waals surface area contributed by atoms with Crippen molar-refractivity contribution in [2.45, 2.75) is 26.7 Å². The standard InChI is InChI=1S/C14H17F3N2O2/c1-3-7-19(9(2)20)8-6-12(21)18-11-5-4-10(15)13(16)14(11)17/h4-5H,3,6-8H2,1-2H3,(H,18,21). The van der Waals surface area contributed by atoms with Crippen molar-refractivity contribution in [1.82, 2.24) is 4.90 Å². The normalized spacial score (nSPS) is 10.3. The average molecular weight is 302 g/mol. The van der Waals surface area contributed by atoms with Crippen LogP contribution in [-0.4, -0.2) is 29.8 Å². The van der Waals surface area contributed by atoms with Crippen LogP contribution in [-0.2, 0) is 9.59 Å². The van der Waals surface area contributed by atoms with E-state index in [2.05, 4.69) is 5.32 Å². The molecule has 0 bridgehead atoms. The predicted octanol–water partition coefficient (Wildman–Crippen LogP) is 2.69. The molecule has 21 heavy (non-hydrogen) atoms. The zero-order valence-electron chi connectivity index (χ0n) is 11.9. The van der Waals surface area contributed by atoms with Crippen LogP contribution >= 0.6 is 0 Å². The number of anilines is 1. The van der Waals surface area contributed by atoms with Crippen molar-refractivity contribution in [1.29, 1.82) is 0 Å². The summed E-state index contributed by atoms with van der Waals surface area (Å²) in [5, 5.41) is 2.16. The Kier molecular flexibility index (Phi) is 6.20. The van der Waals surface area contributed by atoms with Crippen molar-refractivity contribution in [3.63, 3.8) is 0 Å². The molecule has 0 aliphatic heterocycles. The molecular formula is C14H17F3N2O2. The Morgan fingerprint density at radius 1 is 1.14 bits per heavy atom. The van der Waals surface area contributed by atoms with Crippen molar-refractivity contribution in [3.8, 4) is 0 Å². The fourth-order valence-electron chi connectivity index (χ4n) is 1.77. The summed E-state index contributed by atoms with van der Waals surface area (Å²) in [4.78, 5) is 24.4. The molecule has 1 N–H and O–H groups in total. The number of rotatable bonds is 6. The summed E-state index contributed by atoms with van der Waals surface area (Å²) in [6.45, 7) is 3.98. The zero-order valence-corrected chi connectivity index (χ0v) is 11.9. The van der Waals surface area contributed by atoms with Crippen LogP contribution in [0, 0.1) is 17.5 Å². The summed E-state index contributed by atoms with van der Waals surface area (Å²) in [5.74, 6) is -5.15. The second kappa shape index (κ2) is 7.66. The van der Waals surface area contributed by atoms with E-state index in [1.807, 2.05) is 6.92 Å². The van der Waals surface area contributed by atoms with Gasteiger partial charge in [-0.15, -0.1) is 0 Å². The first-order chi connectivity index (χ1) is 9.86. The number of amides is 2. The van der Waals surface area contributed by atoms with E-state index in [4.69, 9.17) is 0 Å². The molecule has 0 radical (unpaired) electrons. The van der Waals surface area contributed by atoms with Gasteiger partial charge in [-0.05, 0) is 18.6 Å². The largest absolute Gasteiger partial charge is 0.342 e. The third-order valence-corrected chi connectivity index (χ3v) is 2.86. The topological polar surface area (TPSA) is 49.4 Å². The van der Waals surface area contributed by atoms with Crippen LogP contribution in [0.15, 0.2) is 12.1 Å². The minimum Gasteiger partial charge on any atom is -0.342 e. The molecular weight excluding hydrogens is 285 g/mol.